The Labute approximate surface area is 78.9 Å². The van der Waals surface area contributed by atoms with E-state index in [1.165, 1.54) is 0 Å². The molecule has 62 valence electrons. The molecule has 0 bridgehead atoms. The predicted molar refractivity (Wildman–Crippen MR) is 52.7 cm³/mol. The number of rotatable bonds is 1. The first-order valence-corrected chi connectivity index (χ1v) is 5.36. The Balaban J connectivity index is 2.43. The number of hydrogen-bond acceptors (Lipinski definition) is 4. The summed E-state index contributed by atoms with van der Waals surface area (Å²) < 4.78 is 0. The molecule has 4 heteroatoms. The lowest BCUT2D eigenvalue weighted by Gasteiger charge is -1.84. The molecular weight excluding hydrogens is 188 g/mol. The van der Waals surface area contributed by atoms with E-state index >= 15 is 0 Å². The van der Waals surface area contributed by atoms with Gasteiger partial charge in [-0.15, -0.1) is 22.7 Å². The maximum Gasteiger partial charge on any atom is 0.152 e. The van der Waals surface area contributed by atoms with Gasteiger partial charge in [-0.3, -0.25) is 0 Å². The van der Waals surface area contributed by atoms with Gasteiger partial charge in [0.2, 0.25) is 0 Å². The van der Waals surface area contributed by atoms with Crippen LogP contribution in [-0.2, 0) is 0 Å². The lowest BCUT2D eigenvalue weighted by molar-refractivity contribution is 1.23. The van der Waals surface area contributed by atoms with Crippen LogP contribution in [0.4, 0.5) is 0 Å². The second-order valence-electron chi connectivity index (χ2n) is 2.59. The van der Waals surface area contributed by atoms with Crippen LogP contribution in [0.3, 0.4) is 0 Å². The summed E-state index contributed by atoms with van der Waals surface area (Å²) in [6.07, 6.45) is 0. The fourth-order valence-corrected chi connectivity index (χ4v) is 2.55. The quantitative estimate of drug-likeness (QED) is 0.701. The highest BCUT2D eigenvalue weighted by Gasteiger charge is 2.05. The molecule has 0 aromatic carbocycles. The predicted octanol–water partition coefficient (Wildman–Crippen LogP) is 2.88. The minimum atomic E-state index is 1.03. The minimum Gasteiger partial charge on any atom is -0.239 e. The Kier molecular flexibility index (Phi) is 1.94. The van der Waals surface area contributed by atoms with Crippen LogP contribution in [0.2, 0.25) is 0 Å². The highest BCUT2D eigenvalue weighted by atomic mass is 32.1. The van der Waals surface area contributed by atoms with Crippen LogP contribution in [0.15, 0.2) is 10.8 Å². The van der Waals surface area contributed by atoms with Gasteiger partial charge < -0.3 is 0 Å². The Morgan fingerprint density at radius 3 is 1.58 bits per heavy atom. The maximum atomic E-state index is 4.36. The van der Waals surface area contributed by atoms with Crippen LogP contribution in [0.1, 0.15) is 11.4 Å². The standard InChI is InChI=1S/C8H8N2S2/c1-5-3-11-7(9-5)8-10-6(2)4-12-8/h3-4H,1-2H3. The Hall–Kier alpha value is -0.740. The Bertz CT molecular complexity index is 351. The van der Waals surface area contributed by atoms with Gasteiger partial charge >= 0.3 is 0 Å². The number of hydrogen-bond donors (Lipinski definition) is 0. The van der Waals surface area contributed by atoms with Gasteiger partial charge in [0.05, 0.1) is 0 Å². The summed E-state index contributed by atoms with van der Waals surface area (Å²) in [5.74, 6) is 0. The van der Waals surface area contributed by atoms with Crippen molar-refractivity contribution in [2.75, 3.05) is 0 Å². The van der Waals surface area contributed by atoms with Gasteiger partial charge in [0.25, 0.3) is 0 Å². The molecule has 2 aromatic rings. The van der Waals surface area contributed by atoms with E-state index < -0.39 is 0 Å². The molecule has 2 heterocycles. The van der Waals surface area contributed by atoms with E-state index in [9.17, 15) is 0 Å². The lowest BCUT2D eigenvalue weighted by Crippen LogP contribution is -1.75. The van der Waals surface area contributed by atoms with Gasteiger partial charge in [-0.05, 0) is 13.8 Å². The second-order valence-corrected chi connectivity index (χ2v) is 4.30. The summed E-state index contributed by atoms with van der Waals surface area (Å²) in [6.45, 7) is 4.00. The van der Waals surface area contributed by atoms with Crippen molar-refractivity contribution in [3.63, 3.8) is 0 Å². The van der Waals surface area contributed by atoms with Crippen molar-refractivity contribution in [1.82, 2.24) is 9.97 Å². The van der Waals surface area contributed by atoms with Crippen LogP contribution in [-0.4, -0.2) is 9.97 Å². The third kappa shape index (κ3) is 1.40. The van der Waals surface area contributed by atoms with E-state index in [2.05, 4.69) is 9.97 Å². The first-order valence-electron chi connectivity index (χ1n) is 3.60. The molecule has 2 rings (SSSR count). The molecule has 0 unspecified atom stereocenters. The summed E-state index contributed by atoms with van der Waals surface area (Å²) in [4.78, 5) is 8.72. The first-order chi connectivity index (χ1) is 5.75. The van der Waals surface area contributed by atoms with Crippen molar-refractivity contribution in [2.24, 2.45) is 0 Å². The van der Waals surface area contributed by atoms with Gasteiger partial charge in [-0.2, -0.15) is 0 Å². The van der Waals surface area contributed by atoms with Crippen molar-refractivity contribution >= 4 is 22.7 Å². The van der Waals surface area contributed by atoms with Gasteiger partial charge in [-0.1, -0.05) is 0 Å². The van der Waals surface area contributed by atoms with E-state index in [1.54, 1.807) is 22.7 Å². The SMILES string of the molecule is Cc1csc(-c2nc(C)cs2)n1. The highest BCUT2D eigenvalue weighted by Crippen LogP contribution is 2.26. The monoisotopic (exact) mass is 196 g/mol. The molecule has 0 aliphatic carbocycles. The molecule has 2 aromatic heterocycles. The van der Waals surface area contributed by atoms with Gasteiger partial charge in [0.15, 0.2) is 10.0 Å². The molecule has 0 fully saturated rings. The minimum absolute atomic E-state index is 1.03. The van der Waals surface area contributed by atoms with Crippen LogP contribution >= 0.6 is 22.7 Å². The van der Waals surface area contributed by atoms with E-state index in [4.69, 9.17) is 0 Å². The molecule has 0 amide bonds. The van der Waals surface area contributed by atoms with Crippen LogP contribution in [0, 0.1) is 13.8 Å². The topological polar surface area (TPSA) is 25.8 Å². The molecule has 0 saturated heterocycles. The highest BCUT2D eigenvalue weighted by molar-refractivity contribution is 7.19. The zero-order valence-electron chi connectivity index (χ0n) is 6.87. The Morgan fingerprint density at radius 2 is 1.33 bits per heavy atom. The average Bonchev–Trinajstić information content (AvgIpc) is 2.58. The fraction of sp³-hybridized carbons (Fsp3) is 0.250. The van der Waals surface area contributed by atoms with Crippen molar-refractivity contribution in [1.29, 1.82) is 0 Å². The molecule has 0 spiro atoms. The smallest absolute Gasteiger partial charge is 0.152 e. The third-order valence-electron chi connectivity index (χ3n) is 1.42. The molecule has 0 aliphatic rings. The maximum absolute atomic E-state index is 4.36. The molecular formula is C8H8N2S2. The van der Waals surface area contributed by atoms with E-state index in [0.717, 1.165) is 21.4 Å². The van der Waals surface area contributed by atoms with Crippen molar-refractivity contribution in [3.05, 3.63) is 22.1 Å². The summed E-state index contributed by atoms with van der Waals surface area (Å²) in [7, 11) is 0. The second kappa shape index (κ2) is 2.95. The normalized spacial score (nSPS) is 10.5. The largest absolute Gasteiger partial charge is 0.239 e. The summed E-state index contributed by atoms with van der Waals surface area (Å²) in [5.41, 5.74) is 2.14. The van der Waals surface area contributed by atoms with E-state index in [-0.39, 0.29) is 0 Å². The summed E-state index contributed by atoms with van der Waals surface area (Å²) >= 11 is 3.31. The van der Waals surface area contributed by atoms with Gasteiger partial charge in [-0.25, -0.2) is 9.97 Å². The molecule has 0 aliphatic heterocycles. The van der Waals surface area contributed by atoms with Crippen LogP contribution < -0.4 is 0 Å². The van der Waals surface area contributed by atoms with Gasteiger partial charge in [0, 0.05) is 22.1 Å². The van der Waals surface area contributed by atoms with Crippen LogP contribution in [0.5, 0.6) is 0 Å². The molecule has 0 N–H and O–H groups in total. The van der Waals surface area contributed by atoms with Crippen LogP contribution in [0.25, 0.3) is 10.0 Å². The summed E-state index contributed by atoms with van der Waals surface area (Å²) in [6, 6.07) is 0. The third-order valence-corrected chi connectivity index (χ3v) is 3.48. The molecule has 0 atom stereocenters. The molecule has 2 nitrogen and oxygen atoms in total. The number of aromatic nitrogens is 2. The molecule has 12 heavy (non-hydrogen) atoms. The molecule has 0 saturated carbocycles. The number of aryl methyl sites for hydroxylation is 2. The zero-order chi connectivity index (χ0) is 8.55. The first kappa shape index (κ1) is 7.89. The van der Waals surface area contributed by atoms with E-state index in [1.807, 2.05) is 24.6 Å². The summed E-state index contributed by atoms with van der Waals surface area (Å²) in [5, 5.41) is 6.16. The molecule has 0 radical (unpaired) electrons. The van der Waals surface area contributed by atoms with Gasteiger partial charge in [0.1, 0.15) is 0 Å². The zero-order valence-corrected chi connectivity index (χ0v) is 8.50. The average molecular weight is 196 g/mol. The fourth-order valence-electron chi connectivity index (χ4n) is 0.904. The van der Waals surface area contributed by atoms with Crippen molar-refractivity contribution in [3.8, 4) is 10.0 Å². The lowest BCUT2D eigenvalue weighted by atomic mass is 10.5. The van der Waals surface area contributed by atoms with Crippen molar-refractivity contribution < 1.29 is 0 Å². The Morgan fingerprint density at radius 1 is 0.917 bits per heavy atom. The number of nitrogens with zero attached hydrogens (tertiary/aromatic N) is 2. The van der Waals surface area contributed by atoms with Crippen molar-refractivity contribution in [2.45, 2.75) is 13.8 Å². The number of thiazole rings is 2. The van der Waals surface area contributed by atoms with E-state index in [0.29, 0.717) is 0 Å².